The van der Waals surface area contributed by atoms with Crippen molar-refractivity contribution in [1.29, 1.82) is 0 Å². The van der Waals surface area contributed by atoms with Crippen LogP contribution in [0, 0.1) is 38.8 Å². The third-order valence-electron chi connectivity index (χ3n) is 9.95. The van der Waals surface area contributed by atoms with Crippen molar-refractivity contribution in [1.82, 2.24) is 19.3 Å². The van der Waals surface area contributed by atoms with E-state index < -0.39 is 0 Å². The smallest absolute Gasteiger partial charge is 0.509 e. The van der Waals surface area contributed by atoms with E-state index in [0.29, 0.717) is 17.4 Å². The first kappa shape index (κ1) is 37.3. The van der Waals surface area contributed by atoms with Gasteiger partial charge in [0.1, 0.15) is 5.82 Å². The number of hydrogen-bond donors (Lipinski definition) is 0. The Morgan fingerprint density at radius 2 is 1.54 bits per heavy atom. The summed E-state index contributed by atoms with van der Waals surface area (Å²) >= 11 is 0. The predicted molar refractivity (Wildman–Crippen MR) is 211 cm³/mol. The zero-order valence-electron chi connectivity index (χ0n) is 31.6. The minimum absolute atomic E-state index is 0. The van der Waals surface area contributed by atoms with E-state index in [1.807, 2.05) is 12.3 Å². The maximum atomic E-state index is 6.70. The molecule has 5 nitrogen and oxygen atoms in total. The number of rotatable bonds is 11. The Morgan fingerprint density at radius 3 is 2.27 bits per heavy atom. The van der Waals surface area contributed by atoms with Gasteiger partial charge >= 0.3 is 20.4 Å². The quantitative estimate of drug-likeness (QED) is 0.0970. The van der Waals surface area contributed by atoms with Gasteiger partial charge in [-0.25, -0.2) is 4.98 Å². The zero-order valence-corrected chi connectivity index (χ0v) is 33.1. The normalized spacial score (nSPS) is 11.6. The second-order valence-electron chi connectivity index (χ2n) is 14.6. The summed E-state index contributed by atoms with van der Waals surface area (Å²) in [4.78, 5) is 4.82. The number of aromatic nitrogens is 4. The fourth-order valence-electron chi connectivity index (χ4n) is 7.33. The van der Waals surface area contributed by atoms with Gasteiger partial charge in [-0.3, -0.25) is 4.68 Å². The summed E-state index contributed by atoms with van der Waals surface area (Å²) in [5, 5.41) is 7.48. The van der Waals surface area contributed by atoms with Gasteiger partial charge in [0, 0.05) is 34.5 Å². The van der Waals surface area contributed by atoms with Crippen LogP contribution in [-0.4, -0.2) is 19.3 Å². The average molecular weight is 779 g/mol. The second kappa shape index (κ2) is 15.6. The number of nitrogens with zero attached hydrogens (tertiary/aromatic N) is 4. The van der Waals surface area contributed by atoms with Gasteiger partial charge in [-0.2, -0.15) is 11.2 Å². The van der Waals surface area contributed by atoms with Crippen molar-refractivity contribution in [3.05, 3.63) is 131 Å². The Kier molecular flexibility index (Phi) is 11.2. The van der Waals surface area contributed by atoms with E-state index in [1.165, 1.54) is 39.1 Å². The van der Waals surface area contributed by atoms with Crippen molar-refractivity contribution in [3.8, 4) is 34.1 Å². The minimum atomic E-state index is 0. The summed E-state index contributed by atoms with van der Waals surface area (Å²) in [6.45, 7) is 17.8. The van der Waals surface area contributed by atoms with E-state index in [9.17, 15) is 0 Å². The first-order chi connectivity index (χ1) is 24.6. The van der Waals surface area contributed by atoms with Crippen LogP contribution in [0.2, 0.25) is 0 Å². The molecule has 0 aliphatic heterocycles. The first-order valence-corrected chi connectivity index (χ1v) is 18.4. The van der Waals surface area contributed by atoms with Crippen molar-refractivity contribution in [2.75, 3.05) is 0 Å². The number of aryl methyl sites for hydroxylation is 4. The maximum Gasteiger partial charge on any atom is 2.00 e. The Bertz CT molecular complexity index is 2340. The number of fused-ring (bicyclic) bond motifs is 3. The number of ether oxygens (including phenoxy) is 1. The molecule has 4 aromatic carbocycles. The molecule has 0 fully saturated rings. The van der Waals surface area contributed by atoms with Crippen LogP contribution in [0.5, 0.6) is 11.5 Å². The molecule has 7 aromatic rings. The molecule has 0 N–H and O–H groups in total. The SMILES string of the molecule is CCCc1ccnc(-n2c3[c-]c(Oc4[c-]c(-n5nc(C)c(-c6c(C)cccc6C)c5CCC(C)C)cc(C(C)C)c4)ccc3c3ccccc32)c1.[Pd+2]. The van der Waals surface area contributed by atoms with Gasteiger partial charge in [-0.05, 0) is 103 Å². The molecular formula is C46H48N4OPd. The molecule has 0 spiro atoms. The van der Waals surface area contributed by atoms with Gasteiger partial charge in [0.2, 0.25) is 0 Å². The fourth-order valence-corrected chi connectivity index (χ4v) is 7.33. The van der Waals surface area contributed by atoms with Gasteiger partial charge in [0.15, 0.2) is 0 Å². The Hall–Kier alpha value is -4.50. The van der Waals surface area contributed by atoms with Crippen LogP contribution >= 0.6 is 0 Å². The summed E-state index contributed by atoms with van der Waals surface area (Å²) in [5.41, 5.74) is 12.7. The molecule has 52 heavy (non-hydrogen) atoms. The van der Waals surface area contributed by atoms with E-state index in [-0.39, 0.29) is 26.3 Å². The first-order valence-electron chi connectivity index (χ1n) is 18.4. The number of hydrogen-bond acceptors (Lipinski definition) is 3. The molecule has 0 amide bonds. The van der Waals surface area contributed by atoms with Gasteiger partial charge in [-0.15, -0.1) is 41.3 Å². The van der Waals surface area contributed by atoms with Crippen molar-refractivity contribution < 1.29 is 25.2 Å². The minimum Gasteiger partial charge on any atom is -0.509 e. The molecule has 6 heteroatoms. The van der Waals surface area contributed by atoms with Crippen LogP contribution in [0.3, 0.4) is 0 Å². The molecule has 3 heterocycles. The molecule has 3 aromatic heterocycles. The Morgan fingerprint density at radius 1 is 0.769 bits per heavy atom. The summed E-state index contributed by atoms with van der Waals surface area (Å²) < 4.78 is 11.0. The molecule has 0 atom stereocenters. The van der Waals surface area contributed by atoms with Crippen LogP contribution in [-0.2, 0) is 33.3 Å². The largest absolute Gasteiger partial charge is 2.00 e. The molecule has 0 aliphatic rings. The van der Waals surface area contributed by atoms with Gasteiger partial charge in [-0.1, -0.05) is 83.0 Å². The molecule has 0 radical (unpaired) electrons. The average Bonchev–Trinajstić information content (AvgIpc) is 3.61. The van der Waals surface area contributed by atoms with E-state index >= 15 is 0 Å². The molecular weight excluding hydrogens is 731 g/mol. The van der Waals surface area contributed by atoms with Gasteiger partial charge < -0.3 is 9.30 Å². The number of pyridine rings is 1. The molecule has 0 aliphatic carbocycles. The molecule has 0 saturated carbocycles. The summed E-state index contributed by atoms with van der Waals surface area (Å²) in [5.74, 6) is 3.01. The molecule has 0 bridgehead atoms. The van der Waals surface area contributed by atoms with Crippen LogP contribution < -0.4 is 4.74 Å². The van der Waals surface area contributed by atoms with E-state index in [4.69, 9.17) is 14.8 Å². The van der Waals surface area contributed by atoms with Crippen molar-refractivity contribution in [2.45, 2.75) is 87.0 Å². The maximum absolute atomic E-state index is 6.70. The standard InChI is InChI=1S/C46H48N4O.Pd/c1-9-13-34-22-23-47-44(24-34)49-41-17-11-10-16-39(41)40-20-19-37(28-43(40)49)51-38-26-35(30(4)5)25-36(27-38)50-42(21-18-29(2)3)46(33(8)48-50)45-31(6)14-12-15-32(45)7;/h10-12,14-17,19-20,22-26,29-30H,9,13,18,21H2,1-8H3;/q-2;+2. The van der Waals surface area contributed by atoms with E-state index in [1.54, 1.807) is 0 Å². The number of para-hydroxylation sites is 1. The fraction of sp³-hybridized carbons (Fsp3) is 0.304. The molecule has 0 saturated heterocycles. The molecule has 7 rings (SSSR count). The van der Waals surface area contributed by atoms with Gasteiger partial charge in [0.25, 0.3) is 0 Å². The summed E-state index contributed by atoms with van der Waals surface area (Å²) in [6, 6.07) is 35.1. The molecule has 268 valence electrons. The summed E-state index contributed by atoms with van der Waals surface area (Å²) in [6.07, 6.45) is 5.98. The van der Waals surface area contributed by atoms with Crippen molar-refractivity contribution in [2.24, 2.45) is 5.92 Å². The zero-order chi connectivity index (χ0) is 35.8. The predicted octanol–water partition coefficient (Wildman–Crippen LogP) is 12.0. The molecule has 0 unspecified atom stereocenters. The van der Waals surface area contributed by atoms with Crippen LogP contribution in [0.1, 0.15) is 87.0 Å². The van der Waals surface area contributed by atoms with Crippen LogP contribution in [0.25, 0.3) is 44.4 Å². The topological polar surface area (TPSA) is 44.9 Å². The number of benzene rings is 4. The van der Waals surface area contributed by atoms with Crippen molar-refractivity contribution in [3.63, 3.8) is 0 Å². The summed E-state index contributed by atoms with van der Waals surface area (Å²) in [7, 11) is 0. The van der Waals surface area contributed by atoms with Gasteiger partial charge in [0.05, 0.1) is 5.69 Å². The van der Waals surface area contributed by atoms with Crippen LogP contribution in [0.4, 0.5) is 0 Å². The monoisotopic (exact) mass is 778 g/mol. The van der Waals surface area contributed by atoms with E-state index in [2.05, 4.69) is 150 Å². The van der Waals surface area contributed by atoms with Crippen molar-refractivity contribution >= 4 is 21.8 Å². The second-order valence-corrected chi connectivity index (χ2v) is 14.6. The third-order valence-corrected chi connectivity index (χ3v) is 9.95. The Balaban J connectivity index is 0.00000464. The van der Waals surface area contributed by atoms with Crippen LogP contribution in [0.15, 0.2) is 85.1 Å². The third kappa shape index (κ3) is 7.25. The van der Waals surface area contributed by atoms with E-state index in [0.717, 1.165) is 64.7 Å². The Labute approximate surface area is 322 Å².